The molecule has 0 radical (unpaired) electrons. The number of likely N-dealkylation sites (N-methyl/N-ethyl adjacent to an activating group) is 1. The minimum atomic E-state index is -0.0264. The van der Waals surface area contributed by atoms with Gasteiger partial charge in [0, 0.05) is 19.3 Å². The van der Waals surface area contributed by atoms with Crippen molar-refractivity contribution in [2.24, 2.45) is 0 Å². The number of benzene rings is 1. The molecule has 0 atom stereocenters. The van der Waals surface area contributed by atoms with Gasteiger partial charge in [-0.15, -0.1) is 11.8 Å². The molecule has 3 heteroatoms. The molecule has 84 valence electrons. The van der Waals surface area contributed by atoms with Crippen molar-refractivity contribution in [2.45, 2.75) is 0 Å². The third-order valence-corrected chi connectivity index (χ3v) is 2.39. The molecule has 0 bridgehead atoms. The first-order valence-electron chi connectivity index (χ1n) is 4.93. The Morgan fingerprint density at radius 1 is 1.31 bits per heavy atom. The molecule has 16 heavy (non-hydrogen) atoms. The Kier molecular flexibility index (Phi) is 5.43. The van der Waals surface area contributed by atoms with Crippen molar-refractivity contribution >= 4 is 23.7 Å². The van der Waals surface area contributed by atoms with Gasteiger partial charge in [-0.2, -0.15) is 0 Å². The molecule has 0 aliphatic rings. The predicted octanol–water partition coefficient (Wildman–Crippen LogP) is 2.99. The molecule has 0 N–H and O–H groups in total. The number of hydrogen-bond donors (Lipinski definition) is 0. The second kappa shape index (κ2) is 6.90. The zero-order valence-corrected chi connectivity index (χ0v) is 10.3. The SMILES string of the molecule is CS/C=C/C(=O)N(C)/C=C\c1ccccc1. The van der Waals surface area contributed by atoms with Crippen LogP contribution in [0, 0.1) is 0 Å². The van der Waals surface area contributed by atoms with E-state index in [0.29, 0.717) is 0 Å². The molecule has 1 amide bonds. The number of carbonyl (C=O) groups is 1. The highest BCUT2D eigenvalue weighted by atomic mass is 32.2. The molecule has 1 aromatic rings. The van der Waals surface area contributed by atoms with Gasteiger partial charge in [-0.05, 0) is 23.3 Å². The van der Waals surface area contributed by atoms with E-state index in [-0.39, 0.29) is 5.91 Å². The minimum absolute atomic E-state index is 0.0264. The number of carbonyl (C=O) groups excluding carboxylic acids is 1. The zero-order valence-electron chi connectivity index (χ0n) is 9.46. The number of rotatable bonds is 4. The summed E-state index contributed by atoms with van der Waals surface area (Å²) < 4.78 is 0. The van der Waals surface area contributed by atoms with Crippen LogP contribution < -0.4 is 0 Å². The van der Waals surface area contributed by atoms with E-state index in [1.165, 1.54) is 11.8 Å². The highest BCUT2D eigenvalue weighted by Gasteiger charge is 1.98. The van der Waals surface area contributed by atoms with Gasteiger partial charge in [0.15, 0.2) is 0 Å². The highest BCUT2D eigenvalue weighted by Crippen LogP contribution is 2.02. The third kappa shape index (κ3) is 4.36. The van der Waals surface area contributed by atoms with E-state index in [2.05, 4.69) is 0 Å². The van der Waals surface area contributed by atoms with Crippen molar-refractivity contribution in [1.82, 2.24) is 4.90 Å². The summed E-state index contributed by atoms with van der Waals surface area (Å²) in [6, 6.07) is 9.89. The molecule has 0 aromatic heterocycles. The lowest BCUT2D eigenvalue weighted by Gasteiger charge is -2.08. The van der Waals surface area contributed by atoms with Gasteiger partial charge in [-0.1, -0.05) is 30.3 Å². The van der Waals surface area contributed by atoms with E-state index in [9.17, 15) is 4.79 Å². The summed E-state index contributed by atoms with van der Waals surface area (Å²) in [6.45, 7) is 0. The maximum absolute atomic E-state index is 11.5. The summed E-state index contributed by atoms with van der Waals surface area (Å²) in [5.74, 6) is -0.0264. The van der Waals surface area contributed by atoms with Gasteiger partial charge < -0.3 is 4.90 Å². The molecule has 0 unspecified atom stereocenters. The molecule has 0 saturated heterocycles. The van der Waals surface area contributed by atoms with E-state index in [0.717, 1.165) is 5.56 Å². The van der Waals surface area contributed by atoms with Crippen LogP contribution in [0.5, 0.6) is 0 Å². The summed E-state index contributed by atoms with van der Waals surface area (Å²) in [4.78, 5) is 13.1. The van der Waals surface area contributed by atoms with E-state index in [4.69, 9.17) is 0 Å². The molecule has 1 aromatic carbocycles. The zero-order chi connectivity index (χ0) is 11.8. The minimum Gasteiger partial charge on any atom is -0.319 e. The van der Waals surface area contributed by atoms with Crippen LogP contribution in [0.1, 0.15) is 5.56 Å². The highest BCUT2D eigenvalue weighted by molar-refractivity contribution is 8.01. The quantitative estimate of drug-likeness (QED) is 0.745. The molecular weight excluding hydrogens is 218 g/mol. The van der Waals surface area contributed by atoms with Gasteiger partial charge in [0.05, 0.1) is 0 Å². The van der Waals surface area contributed by atoms with Crippen LogP contribution >= 0.6 is 11.8 Å². The van der Waals surface area contributed by atoms with Gasteiger partial charge in [-0.3, -0.25) is 4.79 Å². The number of nitrogens with zero attached hydrogens (tertiary/aromatic N) is 1. The van der Waals surface area contributed by atoms with Crippen LogP contribution in [-0.2, 0) is 4.79 Å². The van der Waals surface area contributed by atoms with Gasteiger partial charge in [-0.25, -0.2) is 0 Å². The molecule has 0 spiro atoms. The monoisotopic (exact) mass is 233 g/mol. The largest absolute Gasteiger partial charge is 0.319 e. The Bertz CT molecular complexity index is 384. The second-order valence-electron chi connectivity index (χ2n) is 3.21. The van der Waals surface area contributed by atoms with Crippen LogP contribution in [-0.4, -0.2) is 24.1 Å². The topological polar surface area (TPSA) is 20.3 Å². The van der Waals surface area contributed by atoms with Crippen LogP contribution in [0.2, 0.25) is 0 Å². The standard InChI is InChI=1S/C13H15NOS/c1-14(13(15)9-11-16-2)10-8-12-6-4-3-5-7-12/h3-11H,1-2H3/b10-8-,11-9+. The lowest BCUT2D eigenvalue weighted by Crippen LogP contribution is -2.17. The number of thioether (sulfide) groups is 1. The van der Waals surface area contributed by atoms with E-state index < -0.39 is 0 Å². The molecule has 0 saturated carbocycles. The normalized spacial score (nSPS) is 11.1. The molecular formula is C13H15NOS. The first-order chi connectivity index (χ1) is 7.74. The maximum Gasteiger partial charge on any atom is 0.250 e. The predicted molar refractivity (Wildman–Crippen MR) is 70.9 cm³/mol. The Labute approximate surface area is 101 Å². The molecule has 0 fully saturated rings. The van der Waals surface area contributed by atoms with Crippen molar-refractivity contribution in [2.75, 3.05) is 13.3 Å². The van der Waals surface area contributed by atoms with Crippen molar-refractivity contribution in [3.8, 4) is 0 Å². The van der Waals surface area contributed by atoms with Gasteiger partial charge in [0.2, 0.25) is 0 Å². The van der Waals surface area contributed by atoms with Crippen molar-refractivity contribution in [1.29, 1.82) is 0 Å². The van der Waals surface area contributed by atoms with Crippen LogP contribution in [0.15, 0.2) is 48.0 Å². The molecule has 0 heterocycles. The fourth-order valence-electron chi connectivity index (χ4n) is 1.08. The lowest BCUT2D eigenvalue weighted by atomic mass is 10.2. The van der Waals surface area contributed by atoms with E-state index in [1.54, 1.807) is 29.6 Å². The number of hydrogen-bond acceptors (Lipinski definition) is 2. The molecule has 2 nitrogen and oxygen atoms in total. The summed E-state index contributed by atoms with van der Waals surface area (Å²) in [5.41, 5.74) is 1.08. The first kappa shape index (κ1) is 12.6. The van der Waals surface area contributed by atoms with E-state index >= 15 is 0 Å². The average molecular weight is 233 g/mol. The Balaban J connectivity index is 2.57. The lowest BCUT2D eigenvalue weighted by molar-refractivity contribution is -0.122. The number of amides is 1. The van der Waals surface area contributed by atoms with Crippen LogP contribution in [0.3, 0.4) is 0 Å². The third-order valence-electron chi connectivity index (χ3n) is 1.98. The summed E-state index contributed by atoms with van der Waals surface area (Å²) >= 11 is 1.51. The van der Waals surface area contributed by atoms with Gasteiger partial charge >= 0.3 is 0 Å². The fourth-order valence-corrected chi connectivity index (χ4v) is 1.33. The molecule has 0 aliphatic carbocycles. The first-order valence-corrected chi connectivity index (χ1v) is 6.22. The maximum atomic E-state index is 11.5. The summed E-state index contributed by atoms with van der Waals surface area (Å²) in [5, 5.41) is 1.77. The Morgan fingerprint density at radius 3 is 2.62 bits per heavy atom. The smallest absolute Gasteiger partial charge is 0.250 e. The van der Waals surface area contributed by atoms with Gasteiger partial charge in [0.1, 0.15) is 0 Å². The second-order valence-corrected chi connectivity index (χ2v) is 3.96. The summed E-state index contributed by atoms with van der Waals surface area (Å²) in [6.07, 6.45) is 7.15. The van der Waals surface area contributed by atoms with Crippen LogP contribution in [0.25, 0.3) is 6.08 Å². The summed E-state index contributed by atoms with van der Waals surface area (Å²) in [7, 11) is 1.74. The van der Waals surface area contributed by atoms with E-state index in [1.807, 2.05) is 42.7 Å². The average Bonchev–Trinajstić information content (AvgIpc) is 2.34. The van der Waals surface area contributed by atoms with Crippen LogP contribution in [0.4, 0.5) is 0 Å². The van der Waals surface area contributed by atoms with Crippen molar-refractivity contribution in [3.63, 3.8) is 0 Å². The van der Waals surface area contributed by atoms with Gasteiger partial charge in [0.25, 0.3) is 5.91 Å². The van der Waals surface area contributed by atoms with Crippen molar-refractivity contribution < 1.29 is 4.79 Å². The molecule has 1 rings (SSSR count). The molecule has 0 aliphatic heterocycles. The Morgan fingerprint density at radius 2 is 2.00 bits per heavy atom. The van der Waals surface area contributed by atoms with Crippen molar-refractivity contribution in [3.05, 3.63) is 53.6 Å². The fraction of sp³-hybridized carbons (Fsp3) is 0.154. The Hall–Kier alpha value is -1.48.